The molecule has 2 heterocycles. The fraction of sp³-hybridized carbons (Fsp3) is 1.00. The second-order valence-corrected chi connectivity index (χ2v) is 9.21. The van der Waals surface area contributed by atoms with Crippen LogP contribution in [-0.2, 0) is 9.47 Å². The van der Waals surface area contributed by atoms with Gasteiger partial charge in [0.05, 0.1) is 30.5 Å². The first-order chi connectivity index (χ1) is 12.8. The topological polar surface area (TPSA) is 62.2 Å². The van der Waals surface area contributed by atoms with Gasteiger partial charge >= 0.3 is 0 Å². The van der Waals surface area contributed by atoms with Crippen molar-refractivity contribution in [1.29, 1.82) is 0 Å². The maximum absolute atomic E-state index is 10.7. The first-order valence-electron chi connectivity index (χ1n) is 11.1. The molecule has 0 aromatic rings. The van der Waals surface area contributed by atoms with Gasteiger partial charge in [0.1, 0.15) is 0 Å². The number of hydrogen-bond acceptors (Lipinski definition) is 5. The smallest absolute Gasteiger partial charge is 0.0630 e. The summed E-state index contributed by atoms with van der Waals surface area (Å²) in [6, 6.07) is 0.580. The molecule has 0 aromatic heterocycles. The van der Waals surface area contributed by atoms with Crippen LogP contribution in [0.2, 0.25) is 0 Å². The molecular weight excluding hydrogens is 342 g/mol. The van der Waals surface area contributed by atoms with Crippen LogP contribution in [0.25, 0.3) is 0 Å². The van der Waals surface area contributed by atoms with Crippen molar-refractivity contribution < 1.29 is 19.7 Å². The van der Waals surface area contributed by atoms with Gasteiger partial charge in [0.15, 0.2) is 0 Å². The van der Waals surface area contributed by atoms with E-state index in [2.05, 4.69) is 32.8 Å². The Hall–Kier alpha value is -0.200. The van der Waals surface area contributed by atoms with Crippen LogP contribution < -0.4 is 0 Å². The van der Waals surface area contributed by atoms with Gasteiger partial charge in [-0.3, -0.25) is 0 Å². The molecule has 27 heavy (non-hydrogen) atoms. The largest absolute Gasteiger partial charge is 0.396 e. The van der Waals surface area contributed by atoms with Crippen LogP contribution in [0.4, 0.5) is 0 Å². The molecule has 5 nitrogen and oxygen atoms in total. The van der Waals surface area contributed by atoms with Crippen molar-refractivity contribution >= 4 is 0 Å². The lowest BCUT2D eigenvalue weighted by Gasteiger charge is -2.29. The van der Waals surface area contributed by atoms with Gasteiger partial charge < -0.3 is 24.6 Å². The zero-order valence-electron chi connectivity index (χ0n) is 18.1. The molecular formula is C22H43NO4. The Labute approximate surface area is 166 Å². The molecule has 8 atom stereocenters. The fourth-order valence-corrected chi connectivity index (χ4v) is 4.69. The highest BCUT2D eigenvalue weighted by Gasteiger charge is 2.36. The minimum absolute atomic E-state index is 0.112. The zero-order valence-corrected chi connectivity index (χ0v) is 18.1. The van der Waals surface area contributed by atoms with E-state index in [4.69, 9.17) is 9.47 Å². The number of ether oxygens (including phenoxy) is 2. The van der Waals surface area contributed by atoms with E-state index in [1.54, 1.807) is 0 Å². The van der Waals surface area contributed by atoms with E-state index in [1.165, 1.54) is 12.8 Å². The third-order valence-corrected chi connectivity index (χ3v) is 6.79. The summed E-state index contributed by atoms with van der Waals surface area (Å²) in [7, 11) is 4.32. The summed E-state index contributed by atoms with van der Waals surface area (Å²) in [5, 5.41) is 20.0. The van der Waals surface area contributed by atoms with E-state index >= 15 is 0 Å². The number of aliphatic hydroxyl groups is 2. The SMILES string of the molecule is CCCC(CC1CCC(C(C)C(O)CC2CCC(C(C)CO)O2)O1)N(C)C. The lowest BCUT2D eigenvalue weighted by atomic mass is 9.91. The standard InChI is InChI=1S/C22H43NO4/c1-6-7-17(23(4)5)12-18-9-11-22(27-18)16(3)20(25)13-19-8-10-21(26-19)15(2)14-24/h15-22,24-25H,6-14H2,1-5H3. The van der Waals surface area contributed by atoms with Crippen LogP contribution in [0.15, 0.2) is 0 Å². The van der Waals surface area contributed by atoms with Gasteiger partial charge in [-0.15, -0.1) is 0 Å². The van der Waals surface area contributed by atoms with Crippen molar-refractivity contribution in [1.82, 2.24) is 4.90 Å². The van der Waals surface area contributed by atoms with Gasteiger partial charge in [0.25, 0.3) is 0 Å². The molecule has 2 fully saturated rings. The Kier molecular flexibility index (Phi) is 9.49. The first kappa shape index (κ1) is 23.1. The summed E-state index contributed by atoms with van der Waals surface area (Å²) in [5.41, 5.74) is 0. The van der Waals surface area contributed by atoms with Crippen LogP contribution >= 0.6 is 0 Å². The number of hydrogen-bond donors (Lipinski definition) is 2. The molecule has 0 aliphatic carbocycles. The summed E-state index contributed by atoms with van der Waals surface area (Å²) in [4.78, 5) is 2.32. The predicted molar refractivity (Wildman–Crippen MR) is 109 cm³/mol. The second-order valence-electron chi connectivity index (χ2n) is 9.21. The lowest BCUT2D eigenvalue weighted by Crippen LogP contribution is -2.34. The number of aliphatic hydroxyl groups excluding tert-OH is 2. The highest BCUT2D eigenvalue weighted by atomic mass is 16.5. The Morgan fingerprint density at radius 2 is 1.56 bits per heavy atom. The fourth-order valence-electron chi connectivity index (χ4n) is 4.69. The van der Waals surface area contributed by atoms with Crippen molar-refractivity contribution in [3.05, 3.63) is 0 Å². The van der Waals surface area contributed by atoms with Crippen LogP contribution in [-0.4, -0.2) is 72.4 Å². The molecule has 160 valence electrons. The molecule has 2 rings (SSSR count). The minimum atomic E-state index is -0.387. The molecule has 5 heteroatoms. The quantitative estimate of drug-likeness (QED) is 0.572. The van der Waals surface area contributed by atoms with Crippen LogP contribution in [0.1, 0.15) is 72.1 Å². The molecule has 2 saturated heterocycles. The maximum atomic E-state index is 10.7. The van der Waals surface area contributed by atoms with Gasteiger partial charge in [-0.1, -0.05) is 27.2 Å². The van der Waals surface area contributed by atoms with Gasteiger partial charge in [-0.25, -0.2) is 0 Å². The average molecular weight is 386 g/mol. The Morgan fingerprint density at radius 1 is 0.963 bits per heavy atom. The minimum Gasteiger partial charge on any atom is -0.396 e. The predicted octanol–water partition coefficient (Wildman–Crippen LogP) is 3.22. The van der Waals surface area contributed by atoms with E-state index in [0.29, 0.717) is 18.6 Å². The van der Waals surface area contributed by atoms with Crippen molar-refractivity contribution in [2.75, 3.05) is 20.7 Å². The molecule has 0 aromatic carbocycles. The average Bonchev–Trinajstić information content (AvgIpc) is 3.29. The third kappa shape index (κ3) is 6.67. The van der Waals surface area contributed by atoms with E-state index in [0.717, 1.165) is 32.1 Å². The summed E-state index contributed by atoms with van der Waals surface area (Å²) in [5.74, 6) is 0.313. The highest BCUT2D eigenvalue weighted by Crippen LogP contribution is 2.34. The third-order valence-electron chi connectivity index (χ3n) is 6.79. The Morgan fingerprint density at radius 3 is 2.15 bits per heavy atom. The summed E-state index contributed by atoms with van der Waals surface area (Å²) in [6.45, 7) is 6.55. The van der Waals surface area contributed by atoms with Crippen molar-refractivity contribution in [3.8, 4) is 0 Å². The van der Waals surface area contributed by atoms with Crippen LogP contribution in [0.3, 0.4) is 0 Å². The van der Waals surface area contributed by atoms with Crippen LogP contribution in [0, 0.1) is 11.8 Å². The molecule has 2 N–H and O–H groups in total. The van der Waals surface area contributed by atoms with Crippen molar-refractivity contribution in [2.45, 2.75) is 109 Å². The van der Waals surface area contributed by atoms with E-state index in [9.17, 15) is 10.2 Å². The number of rotatable bonds is 11. The lowest BCUT2D eigenvalue weighted by molar-refractivity contribution is -0.0606. The zero-order chi connectivity index (χ0) is 20.0. The van der Waals surface area contributed by atoms with Gasteiger partial charge in [0.2, 0.25) is 0 Å². The summed E-state index contributed by atoms with van der Waals surface area (Å²) in [6.07, 6.45) is 8.63. The molecule has 2 aliphatic heterocycles. The molecule has 0 amide bonds. The molecule has 2 aliphatic rings. The van der Waals surface area contributed by atoms with Gasteiger partial charge in [-0.05, 0) is 59.0 Å². The van der Waals surface area contributed by atoms with Gasteiger partial charge in [0, 0.05) is 24.5 Å². The molecule has 8 unspecified atom stereocenters. The van der Waals surface area contributed by atoms with Crippen molar-refractivity contribution in [3.63, 3.8) is 0 Å². The highest BCUT2D eigenvalue weighted by molar-refractivity contribution is 4.86. The van der Waals surface area contributed by atoms with Crippen LogP contribution in [0.5, 0.6) is 0 Å². The Bertz CT molecular complexity index is 419. The second kappa shape index (κ2) is 11.1. The Balaban J connectivity index is 1.76. The maximum Gasteiger partial charge on any atom is 0.0630 e. The monoisotopic (exact) mass is 385 g/mol. The van der Waals surface area contributed by atoms with E-state index in [1.807, 2.05) is 6.92 Å². The van der Waals surface area contributed by atoms with Gasteiger partial charge in [-0.2, -0.15) is 0 Å². The van der Waals surface area contributed by atoms with E-state index < -0.39 is 0 Å². The summed E-state index contributed by atoms with van der Waals surface area (Å²) < 4.78 is 12.4. The first-order valence-corrected chi connectivity index (χ1v) is 11.1. The van der Waals surface area contributed by atoms with Crippen molar-refractivity contribution in [2.24, 2.45) is 11.8 Å². The molecule has 0 saturated carbocycles. The summed E-state index contributed by atoms with van der Waals surface area (Å²) >= 11 is 0. The normalized spacial score (nSPS) is 33.3. The van der Waals surface area contributed by atoms with E-state index in [-0.39, 0.29) is 42.9 Å². The number of nitrogens with zero attached hydrogens (tertiary/aromatic N) is 1. The molecule has 0 spiro atoms. The molecule has 0 radical (unpaired) electrons. The molecule has 0 bridgehead atoms.